The number of anilines is 1. The molecule has 1 saturated heterocycles. The van der Waals surface area contributed by atoms with Crippen LogP contribution in [0.4, 0.5) is 5.95 Å². The number of hydrogen-bond acceptors (Lipinski definition) is 5. The first-order valence-electron chi connectivity index (χ1n) is 7.08. The predicted octanol–water partition coefficient (Wildman–Crippen LogP) is 1.65. The first-order chi connectivity index (χ1) is 9.19. The second-order valence-corrected chi connectivity index (χ2v) is 5.31. The van der Waals surface area contributed by atoms with E-state index in [9.17, 15) is 0 Å². The zero-order chi connectivity index (χ0) is 13.7. The van der Waals surface area contributed by atoms with Crippen molar-refractivity contribution in [2.75, 3.05) is 44.7 Å². The van der Waals surface area contributed by atoms with E-state index in [1.807, 2.05) is 6.07 Å². The Bertz CT molecular complexity index is 391. The van der Waals surface area contributed by atoms with Gasteiger partial charge < -0.3 is 14.5 Å². The standard InChI is InChI=1S/C14H24N4O/c1-4-12(2)11-19-13-5-6-15-14(16-13)18-9-7-17(3)8-10-18/h5-6,12H,4,7-11H2,1-3H3. The summed E-state index contributed by atoms with van der Waals surface area (Å²) in [4.78, 5) is 13.4. The van der Waals surface area contributed by atoms with Crippen LogP contribution in [0.25, 0.3) is 0 Å². The number of hydrogen-bond donors (Lipinski definition) is 0. The number of likely N-dealkylation sites (N-methyl/N-ethyl adjacent to an activating group) is 1. The van der Waals surface area contributed by atoms with Gasteiger partial charge in [0.2, 0.25) is 11.8 Å². The summed E-state index contributed by atoms with van der Waals surface area (Å²) < 4.78 is 5.72. The second-order valence-electron chi connectivity index (χ2n) is 5.31. The maximum absolute atomic E-state index is 5.72. The van der Waals surface area contributed by atoms with Crippen LogP contribution in [0.3, 0.4) is 0 Å². The Morgan fingerprint density at radius 1 is 1.32 bits per heavy atom. The smallest absolute Gasteiger partial charge is 0.228 e. The molecule has 5 heteroatoms. The highest BCUT2D eigenvalue weighted by atomic mass is 16.5. The van der Waals surface area contributed by atoms with E-state index < -0.39 is 0 Å². The van der Waals surface area contributed by atoms with Gasteiger partial charge in [-0.1, -0.05) is 20.3 Å². The largest absolute Gasteiger partial charge is 0.477 e. The molecule has 0 saturated carbocycles. The Morgan fingerprint density at radius 3 is 2.74 bits per heavy atom. The van der Waals surface area contributed by atoms with E-state index in [0.717, 1.165) is 45.2 Å². The van der Waals surface area contributed by atoms with Gasteiger partial charge >= 0.3 is 0 Å². The van der Waals surface area contributed by atoms with Crippen LogP contribution in [0.2, 0.25) is 0 Å². The van der Waals surface area contributed by atoms with Crippen molar-refractivity contribution in [1.82, 2.24) is 14.9 Å². The average Bonchev–Trinajstić information content (AvgIpc) is 2.46. The lowest BCUT2D eigenvalue weighted by atomic mass is 10.1. The van der Waals surface area contributed by atoms with Gasteiger partial charge in [-0.05, 0) is 13.0 Å². The summed E-state index contributed by atoms with van der Waals surface area (Å²) in [5, 5.41) is 0. The van der Waals surface area contributed by atoms with Gasteiger partial charge in [0, 0.05) is 38.4 Å². The van der Waals surface area contributed by atoms with Crippen molar-refractivity contribution in [2.24, 2.45) is 5.92 Å². The minimum Gasteiger partial charge on any atom is -0.477 e. The maximum atomic E-state index is 5.72. The summed E-state index contributed by atoms with van der Waals surface area (Å²) in [7, 11) is 2.14. The van der Waals surface area contributed by atoms with Gasteiger partial charge in [0.1, 0.15) is 0 Å². The fourth-order valence-electron chi connectivity index (χ4n) is 1.92. The van der Waals surface area contributed by atoms with Crippen molar-refractivity contribution in [3.8, 4) is 5.88 Å². The van der Waals surface area contributed by atoms with Crippen LogP contribution in [-0.4, -0.2) is 54.7 Å². The highest BCUT2D eigenvalue weighted by molar-refractivity contribution is 5.32. The summed E-state index contributed by atoms with van der Waals surface area (Å²) in [5.41, 5.74) is 0. The lowest BCUT2D eigenvalue weighted by molar-refractivity contribution is 0.247. The highest BCUT2D eigenvalue weighted by Gasteiger charge is 2.16. The van der Waals surface area contributed by atoms with E-state index in [0.29, 0.717) is 11.8 Å². The van der Waals surface area contributed by atoms with E-state index in [-0.39, 0.29) is 0 Å². The van der Waals surface area contributed by atoms with Gasteiger partial charge in [0.25, 0.3) is 0 Å². The average molecular weight is 264 g/mol. The van der Waals surface area contributed by atoms with Gasteiger partial charge in [0.15, 0.2) is 0 Å². The van der Waals surface area contributed by atoms with E-state index in [1.54, 1.807) is 6.20 Å². The minimum atomic E-state index is 0.557. The predicted molar refractivity (Wildman–Crippen MR) is 76.7 cm³/mol. The van der Waals surface area contributed by atoms with Crippen LogP contribution in [0.5, 0.6) is 5.88 Å². The molecular formula is C14H24N4O. The molecule has 0 amide bonds. The van der Waals surface area contributed by atoms with Crippen LogP contribution in [0.1, 0.15) is 20.3 Å². The molecule has 0 bridgehead atoms. The van der Waals surface area contributed by atoms with Crippen molar-refractivity contribution < 1.29 is 4.74 Å². The number of nitrogens with zero attached hydrogens (tertiary/aromatic N) is 4. The zero-order valence-corrected chi connectivity index (χ0v) is 12.2. The summed E-state index contributed by atoms with van der Waals surface area (Å²) in [6.45, 7) is 9.14. The number of aromatic nitrogens is 2. The fourth-order valence-corrected chi connectivity index (χ4v) is 1.92. The molecule has 19 heavy (non-hydrogen) atoms. The third kappa shape index (κ3) is 4.06. The van der Waals surface area contributed by atoms with E-state index in [4.69, 9.17) is 4.74 Å². The quantitative estimate of drug-likeness (QED) is 0.809. The lowest BCUT2D eigenvalue weighted by Crippen LogP contribution is -2.45. The first kappa shape index (κ1) is 14.1. The molecule has 0 spiro atoms. The third-order valence-electron chi connectivity index (χ3n) is 3.62. The molecule has 2 heterocycles. The molecule has 1 aromatic rings. The monoisotopic (exact) mass is 264 g/mol. The van der Waals surface area contributed by atoms with E-state index >= 15 is 0 Å². The molecule has 0 aliphatic carbocycles. The Balaban J connectivity index is 1.95. The van der Waals surface area contributed by atoms with Crippen molar-refractivity contribution in [1.29, 1.82) is 0 Å². The van der Waals surface area contributed by atoms with Crippen molar-refractivity contribution >= 4 is 5.95 Å². The summed E-state index contributed by atoms with van der Waals surface area (Å²) in [5.74, 6) is 2.03. The molecule has 106 valence electrons. The normalized spacial score (nSPS) is 18.4. The molecular weight excluding hydrogens is 240 g/mol. The number of ether oxygens (including phenoxy) is 1. The summed E-state index contributed by atoms with van der Waals surface area (Å²) in [6.07, 6.45) is 2.91. The second kappa shape index (κ2) is 6.70. The van der Waals surface area contributed by atoms with Gasteiger partial charge in [-0.2, -0.15) is 4.98 Å². The van der Waals surface area contributed by atoms with Crippen molar-refractivity contribution in [2.45, 2.75) is 20.3 Å². The van der Waals surface area contributed by atoms with Crippen molar-refractivity contribution in [3.63, 3.8) is 0 Å². The molecule has 1 aliphatic heterocycles. The molecule has 0 radical (unpaired) electrons. The van der Waals surface area contributed by atoms with Crippen LogP contribution in [0, 0.1) is 5.92 Å². The number of piperazine rings is 1. The van der Waals surface area contributed by atoms with Crippen LogP contribution in [0.15, 0.2) is 12.3 Å². The maximum Gasteiger partial charge on any atom is 0.228 e. The molecule has 1 atom stereocenters. The van der Waals surface area contributed by atoms with Gasteiger partial charge in [0.05, 0.1) is 6.61 Å². The molecule has 1 unspecified atom stereocenters. The van der Waals surface area contributed by atoms with Gasteiger partial charge in [-0.15, -0.1) is 0 Å². The minimum absolute atomic E-state index is 0.557. The molecule has 2 rings (SSSR count). The lowest BCUT2D eigenvalue weighted by Gasteiger charge is -2.32. The fraction of sp³-hybridized carbons (Fsp3) is 0.714. The Labute approximate surface area is 115 Å². The third-order valence-corrected chi connectivity index (χ3v) is 3.62. The Kier molecular flexibility index (Phi) is 4.96. The SMILES string of the molecule is CCC(C)COc1ccnc(N2CCN(C)CC2)n1. The molecule has 5 nitrogen and oxygen atoms in total. The Hall–Kier alpha value is -1.36. The van der Waals surface area contributed by atoms with Crippen LogP contribution < -0.4 is 9.64 Å². The summed E-state index contributed by atoms with van der Waals surface area (Å²) >= 11 is 0. The topological polar surface area (TPSA) is 41.5 Å². The zero-order valence-electron chi connectivity index (χ0n) is 12.2. The number of rotatable bonds is 5. The van der Waals surface area contributed by atoms with E-state index in [2.05, 4.69) is 40.7 Å². The van der Waals surface area contributed by atoms with E-state index in [1.165, 1.54) is 0 Å². The first-order valence-corrected chi connectivity index (χ1v) is 7.08. The van der Waals surface area contributed by atoms with Gasteiger partial charge in [-0.25, -0.2) is 4.98 Å². The van der Waals surface area contributed by atoms with Crippen molar-refractivity contribution in [3.05, 3.63) is 12.3 Å². The molecule has 0 N–H and O–H groups in total. The molecule has 1 aromatic heterocycles. The molecule has 1 fully saturated rings. The Morgan fingerprint density at radius 2 is 2.05 bits per heavy atom. The summed E-state index contributed by atoms with van der Waals surface area (Å²) in [6, 6.07) is 1.84. The van der Waals surface area contributed by atoms with Gasteiger partial charge in [-0.3, -0.25) is 0 Å². The van der Waals surface area contributed by atoms with Crippen LogP contribution in [-0.2, 0) is 0 Å². The van der Waals surface area contributed by atoms with Crippen LogP contribution >= 0.6 is 0 Å². The molecule has 1 aliphatic rings. The highest BCUT2D eigenvalue weighted by Crippen LogP contribution is 2.15. The molecule has 0 aromatic carbocycles.